The highest BCUT2D eigenvalue weighted by Crippen LogP contribution is 2.51. The van der Waals surface area contributed by atoms with Crippen LogP contribution in [0.15, 0.2) is 48.5 Å². The quantitative estimate of drug-likeness (QED) is 0.747. The molecule has 1 saturated carbocycles. The second kappa shape index (κ2) is 8.12. The van der Waals surface area contributed by atoms with Gasteiger partial charge in [0.1, 0.15) is 17.5 Å². The van der Waals surface area contributed by atoms with Crippen LogP contribution in [0.1, 0.15) is 23.5 Å². The average molecular weight is 369 g/mol. The number of hydrogen-bond acceptors (Lipinski definition) is 4. The maximum Gasteiger partial charge on any atom is 0.326 e. The fourth-order valence-electron chi connectivity index (χ4n) is 3.29. The lowest BCUT2D eigenvalue weighted by atomic mass is 10.0. The molecule has 0 saturated heterocycles. The van der Waals surface area contributed by atoms with E-state index in [9.17, 15) is 14.7 Å². The third-order valence-corrected chi connectivity index (χ3v) is 4.86. The summed E-state index contributed by atoms with van der Waals surface area (Å²) in [6, 6.07) is 13.8. The molecule has 3 atom stereocenters. The topological polar surface area (TPSA) is 84.9 Å². The zero-order valence-corrected chi connectivity index (χ0v) is 15.3. The summed E-state index contributed by atoms with van der Waals surface area (Å²) in [7, 11) is 3.17. The number of carboxylic acid groups (broad SMARTS) is 1. The van der Waals surface area contributed by atoms with Crippen molar-refractivity contribution >= 4 is 11.9 Å². The molecule has 142 valence electrons. The molecular weight excluding hydrogens is 346 g/mol. The molecule has 2 aromatic rings. The second-order valence-corrected chi connectivity index (χ2v) is 6.65. The van der Waals surface area contributed by atoms with E-state index in [0.717, 1.165) is 11.1 Å². The van der Waals surface area contributed by atoms with Crippen LogP contribution in [0.5, 0.6) is 11.5 Å². The van der Waals surface area contributed by atoms with Gasteiger partial charge in [0.2, 0.25) is 5.91 Å². The van der Waals surface area contributed by atoms with Crippen molar-refractivity contribution in [2.45, 2.75) is 24.8 Å². The van der Waals surface area contributed by atoms with Gasteiger partial charge in [-0.25, -0.2) is 4.79 Å². The first-order chi connectivity index (χ1) is 13.0. The second-order valence-electron chi connectivity index (χ2n) is 6.65. The molecule has 3 rings (SSSR count). The number of methoxy groups -OCH3 is 2. The number of nitrogens with one attached hydrogen (secondary N) is 1. The Morgan fingerprint density at radius 3 is 2.52 bits per heavy atom. The Hall–Kier alpha value is -3.02. The third kappa shape index (κ3) is 4.39. The summed E-state index contributed by atoms with van der Waals surface area (Å²) < 4.78 is 10.6. The van der Waals surface area contributed by atoms with Crippen LogP contribution in [0.4, 0.5) is 0 Å². The number of carbonyl (C=O) groups is 2. The lowest BCUT2D eigenvalue weighted by molar-refractivity contribution is -0.142. The van der Waals surface area contributed by atoms with Crippen LogP contribution in [-0.4, -0.2) is 37.2 Å². The van der Waals surface area contributed by atoms with E-state index < -0.39 is 12.0 Å². The molecule has 6 heteroatoms. The summed E-state index contributed by atoms with van der Waals surface area (Å²) in [6.07, 6.45) is 0.912. The molecule has 2 N–H and O–H groups in total. The molecule has 6 nitrogen and oxygen atoms in total. The molecule has 0 heterocycles. The van der Waals surface area contributed by atoms with Gasteiger partial charge in [-0.3, -0.25) is 4.79 Å². The van der Waals surface area contributed by atoms with Crippen LogP contribution in [0, 0.1) is 5.92 Å². The number of amides is 1. The molecule has 1 fully saturated rings. The number of benzene rings is 2. The summed E-state index contributed by atoms with van der Waals surface area (Å²) in [4.78, 5) is 24.2. The van der Waals surface area contributed by atoms with Gasteiger partial charge in [-0.05, 0) is 30.2 Å². The molecule has 1 amide bonds. The first-order valence-corrected chi connectivity index (χ1v) is 8.82. The lowest BCUT2D eigenvalue weighted by Crippen LogP contribution is -2.43. The molecule has 0 aromatic heterocycles. The smallest absolute Gasteiger partial charge is 0.326 e. The number of aliphatic carboxylic acids is 1. The average Bonchev–Trinajstić information content (AvgIpc) is 3.48. The fourth-order valence-corrected chi connectivity index (χ4v) is 3.29. The van der Waals surface area contributed by atoms with E-state index in [1.165, 1.54) is 0 Å². The molecule has 3 unspecified atom stereocenters. The van der Waals surface area contributed by atoms with Crippen LogP contribution in [-0.2, 0) is 16.0 Å². The van der Waals surface area contributed by atoms with E-state index >= 15 is 0 Å². The number of carbonyl (C=O) groups excluding carboxylic acids is 1. The molecule has 27 heavy (non-hydrogen) atoms. The molecule has 2 aromatic carbocycles. The SMILES string of the molecule is COc1ccc(OC)c(C2CC2C(=O)NC(Cc2ccccc2)C(=O)O)c1. The Morgan fingerprint density at radius 1 is 1.15 bits per heavy atom. The summed E-state index contributed by atoms with van der Waals surface area (Å²) in [5.74, 6) is -0.138. The molecule has 1 aliphatic carbocycles. The zero-order valence-electron chi connectivity index (χ0n) is 15.3. The van der Waals surface area contributed by atoms with Gasteiger partial charge in [-0.15, -0.1) is 0 Å². The molecule has 1 aliphatic rings. The molecule has 0 radical (unpaired) electrons. The Labute approximate surface area is 158 Å². The van der Waals surface area contributed by atoms with Crippen molar-refractivity contribution in [1.82, 2.24) is 5.32 Å². The van der Waals surface area contributed by atoms with Gasteiger partial charge in [-0.1, -0.05) is 30.3 Å². The van der Waals surface area contributed by atoms with Crippen molar-refractivity contribution in [3.8, 4) is 11.5 Å². The maximum atomic E-state index is 12.6. The Kier molecular flexibility index (Phi) is 5.64. The van der Waals surface area contributed by atoms with E-state index in [-0.39, 0.29) is 24.2 Å². The van der Waals surface area contributed by atoms with E-state index in [1.807, 2.05) is 42.5 Å². The van der Waals surface area contributed by atoms with E-state index in [4.69, 9.17) is 9.47 Å². The van der Waals surface area contributed by atoms with Gasteiger partial charge in [0, 0.05) is 23.8 Å². The fraction of sp³-hybridized carbons (Fsp3) is 0.333. The summed E-state index contributed by atoms with van der Waals surface area (Å²) in [6.45, 7) is 0. The van der Waals surface area contributed by atoms with Crippen molar-refractivity contribution in [2.24, 2.45) is 5.92 Å². The normalized spacial score (nSPS) is 19.0. The number of hydrogen-bond donors (Lipinski definition) is 2. The number of carboxylic acids is 1. The maximum absolute atomic E-state index is 12.6. The van der Waals surface area contributed by atoms with Gasteiger partial charge in [-0.2, -0.15) is 0 Å². The van der Waals surface area contributed by atoms with Gasteiger partial charge in [0.25, 0.3) is 0 Å². The van der Waals surface area contributed by atoms with Crippen LogP contribution >= 0.6 is 0 Å². The van der Waals surface area contributed by atoms with Crippen molar-refractivity contribution in [3.05, 3.63) is 59.7 Å². The van der Waals surface area contributed by atoms with Crippen molar-refractivity contribution < 1.29 is 24.2 Å². The highest BCUT2D eigenvalue weighted by molar-refractivity contribution is 5.88. The summed E-state index contributed by atoms with van der Waals surface area (Å²) in [5, 5.41) is 12.1. The minimum atomic E-state index is -1.04. The Morgan fingerprint density at radius 2 is 1.89 bits per heavy atom. The van der Waals surface area contributed by atoms with E-state index in [0.29, 0.717) is 17.9 Å². The van der Waals surface area contributed by atoms with Crippen LogP contribution in [0.25, 0.3) is 0 Å². The molecule has 0 spiro atoms. The summed E-state index contributed by atoms with van der Waals surface area (Å²) in [5.41, 5.74) is 1.78. The highest BCUT2D eigenvalue weighted by Gasteiger charge is 2.46. The molecule has 0 aliphatic heterocycles. The van der Waals surface area contributed by atoms with Gasteiger partial charge < -0.3 is 19.9 Å². The van der Waals surface area contributed by atoms with Crippen molar-refractivity contribution in [1.29, 1.82) is 0 Å². The number of rotatable bonds is 8. The third-order valence-electron chi connectivity index (χ3n) is 4.86. The van der Waals surface area contributed by atoms with Gasteiger partial charge in [0.05, 0.1) is 14.2 Å². The molecular formula is C21H23NO5. The Balaban J connectivity index is 1.68. The lowest BCUT2D eigenvalue weighted by Gasteiger charge is -2.15. The summed E-state index contributed by atoms with van der Waals surface area (Å²) >= 11 is 0. The monoisotopic (exact) mass is 369 g/mol. The largest absolute Gasteiger partial charge is 0.497 e. The molecule has 0 bridgehead atoms. The first kappa shape index (κ1) is 18.8. The van der Waals surface area contributed by atoms with Gasteiger partial charge >= 0.3 is 5.97 Å². The van der Waals surface area contributed by atoms with E-state index in [1.54, 1.807) is 20.3 Å². The van der Waals surface area contributed by atoms with Crippen LogP contribution in [0.3, 0.4) is 0 Å². The minimum absolute atomic E-state index is 0.00113. The highest BCUT2D eigenvalue weighted by atomic mass is 16.5. The van der Waals surface area contributed by atoms with Crippen molar-refractivity contribution in [2.75, 3.05) is 14.2 Å². The van der Waals surface area contributed by atoms with Crippen molar-refractivity contribution in [3.63, 3.8) is 0 Å². The van der Waals surface area contributed by atoms with E-state index in [2.05, 4.69) is 5.32 Å². The predicted molar refractivity (Wildman–Crippen MR) is 100 cm³/mol. The van der Waals surface area contributed by atoms with Gasteiger partial charge in [0.15, 0.2) is 0 Å². The standard InChI is InChI=1S/C21H23NO5/c1-26-14-8-9-19(27-2)16(11-14)15-12-17(15)20(23)22-18(21(24)25)10-13-6-4-3-5-7-13/h3-9,11,15,17-18H,10,12H2,1-2H3,(H,22,23)(H,24,25). The number of ether oxygens (including phenoxy) is 2. The minimum Gasteiger partial charge on any atom is -0.497 e. The van der Waals surface area contributed by atoms with Crippen LogP contribution < -0.4 is 14.8 Å². The first-order valence-electron chi connectivity index (χ1n) is 8.82. The Bertz CT molecular complexity index is 821. The predicted octanol–water partition coefficient (Wildman–Crippen LogP) is 2.62. The zero-order chi connectivity index (χ0) is 19.4. The van der Waals surface area contributed by atoms with Crippen LogP contribution in [0.2, 0.25) is 0 Å².